The van der Waals surface area contributed by atoms with E-state index in [0.29, 0.717) is 6.04 Å². The van der Waals surface area contributed by atoms with E-state index >= 15 is 0 Å². The Labute approximate surface area is 99.3 Å². The van der Waals surface area contributed by atoms with Gasteiger partial charge in [0, 0.05) is 12.2 Å². The number of nitrogens with one attached hydrogen (secondary N) is 1. The van der Waals surface area contributed by atoms with Crippen molar-refractivity contribution in [1.82, 2.24) is 10.3 Å². The van der Waals surface area contributed by atoms with E-state index in [2.05, 4.69) is 10.3 Å². The van der Waals surface area contributed by atoms with Gasteiger partial charge < -0.3 is 5.73 Å². The fourth-order valence-electron chi connectivity index (χ4n) is 2.18. The molecule has 88 valence electrons. The highest BCUT2D eigenvalue weighted by Crippen LogP contribution is 2.23. The van der Waals surface area contributed by atoms with Gasteiger partial charge in [0.15, 0.2) is 0 Å². The average Bonchev–Trinajstić information content (AvgIpc) is 2.80. The lowest BCUT2D eigenvalue weighted by atomic mass is 9.95. The molecule has 3 N–H and O–H groups in total. The molecular formula is C11H17N3OS. The highest BCUT2D eigenvalue weighted by molar-refractivity contribution is 7.09. The molecule has 0 spiro atoms. The summed E-state index contributed by atoms with van der Waals surface area (Å²) >= 11 is 1.47. The smallest absolute Gasteiger partial charge is 0.240 e. The van der Waals surface area contributed by atoms with E-state index in [1.807, 2.05) is 0 Å². The molecule has 1 fully saturated rings. The van der Waals surface area contributed by atoms with Gasteiger partial charge in [-0.25, -0.2) is 0 Å². The van der Waals surface area contributed by atoms with Gasteiger partial charge in [-0.1, -0.05) is 19.3 Å². The van der Waals surface area contributed by atoms with Crippen LogP contribution in [-0.4, -0.2) is 16.9 Å². The molecule has 1 aromatic heterocycles. The Morgan fingerprint density at radius 1 is 1.50 bits per heavy atom. The SMILES string of the molecule is NC(=O)C(NC1CCCCC1)c1cncs1. The number of hydrogen-bond acceptors (Lipinski definition) is 4. The molecule has 1 atom stereocenters. The highest BCUT2D eigenvalue weighted by Gasteiger charge is 2.23. The van der Waals surface area contributed by atoms with Gasteiger partial charge in [-0.3, -0.25) is 15.1 Å². The second-order valence-corrected chi connectivity index (χ2v) is 5.16. The highest BCUT2D eigenvalue weighted by atomic mass is 32.1. The number of primary amides is 1. The Hall–Kier alpha value is -0.940. The van der Waals surface area contributed by atoms with Crippen LogP contribution in [0.5, 0.6) is 0 Å². The Kier molecular flexibility index (Phi) is 3.90. The number of hydrogen-bond donors (Lipinski definition) is 2. The van der Waals surface area contributed by atoms with Crippen LogP contribution in [0.15, 0.2) is 11.7 Å². The lowest BCUT2D eigenvalue weighted by Gasteiger charge is -2.26. The molecule has 0 radical (unpaired) electrons. The lowest BCUT2D eigenvalue weighted by Crippen LogP contribution is -2.40. The summed E-state index contributed by atoms with van der Waals surface area (Å²) in [6.07, 6.45) is 7.79. The molecular weight excluding hydrogens is 222 g/mol. The van der Waals surface area contributed by atoms with Gasteiger partial charge in [0.05, 0.1) is 10.4 Å². The first kappa shape index (κ1) is 11.5. The van der Waals surface area contributed by atoms with Crippen LogP contribution in [0.4, 0.5) is 0 Å². The minimum atomic E-state index is -0.365. The second kappa shape index (κ2) is 5.41. The van der Waals surface area contributed by atoms with E-state index in [1.54, 1.807) is 11.7 Å². The number of aromatic nitrogens is 1. The molecule has 1 unspecified atom stereocenters. The van der Waals surface area contributed by atoms with Gasteiger partial charge in [-0.05, 0) is 12.8 Å². The van der Waals surface area contributed by atoms with Crippen LogP contribution < -0.4 is 11.1 Å². The molecule has 4 nitrogen and oxygen atoms in total. The number of nitrogens with zero attached hydrogens (tertiary/aromatic N) is 1. The van der Waals surface area contributed by atoms with Crippen molar-refractivity contribution >= 4 is 17.2 Å². The predicted octanol–water partition coefficient (Wildman–Crippen LogP) is 1.59. The summed E-state index contributed by atoms with van der Waals surface area (Å²) in [7, 11) is 0. The monoisotopic (exact) mass is 239 g/mol. The molecule has 0 saturated heterocycles. The fourth-order valence-corrected chi connectivity index (χ4v) is 2.86. The summed E-state index contributed by atoms with van der Waals surface area (Å²) in [5.74, 6) is -0.310. The number of carbonyl (C=O) groups is 1. The molecule has 2 rings (SSSR count). The first-order valence-corrected chi connectivity index (χ1v) is 6.59. The maximum Gasteiger partial charge on any atom is 0.240 e. The standard InChI is InChI=1S/C11H17N3OS/c12-11(15)10(9-6-13-7-16-9)14-8-4-2-1-3-5-8/h6-8,10,14H,1-5H2,(H2,12,15). The third-order valence-electron chi connectivity index (χ3n) is 3.03. The molecule has 0 aliphatic heterocycles. The molecule has 1 heterocycles. The topological polar surface area (TPSA) is 68.0 Å². The predicted molar refractivity (Wildman–Crippen MR) is 64.1 cm³/mol. The Morgan fingerprint density at radius 2 is 2.25 bits per heavy atom. The maximum absolute atomic E-state index is 11.4. The van der Waals surface area contributed by atoms with E-state index in [9.17, 15) is 4.79 Å². The average molecular weight is 239 g/mol. The number of nitrogens with two attached hydrogens (primary N) is 1. The van der Waals surface area contributed by atoms with Crippen molar-refractivity contribution in [1.29, 1.82) is 0 Å². The van der Waals surface area contributed by atoms with Crippen molar-refractivity contribution in [2.75, 3.05) is 0 Å². The van der Waals surface area contributed by atoms with Crippen molar-refractivity contribution in [3.8, 4) is 0 Å². The normalized spacial score (nSPS) is 19.5. The summed E-state index contributed by atoms with van der Waals surface area (Å²) in [5.41, 5.74) is 7.15. The molecule has 16 heavy (non-hydrogen) atoms. The van der Waals surface area contributed by atoms with Crippen LogP contribution in [0.1, 0.15) is 43.0 Å². The Bertz CT molecular complexity index is 333. The first-order valence-electron chi connectivity index (χ1n) is 5.71. The Morgan fingerprint density at radius 3 is 2.81 bits per heavy atom. The van der Waals surface area contributed by atoms with Crippen molar-refractivity contribution in [3.05, 3.63) is 16.6 Å². The number of thiazole rings is 1. The third-order valence-corrected chi connectivity index (χ3v) is 3.87. The van der Waals surface area contributed by atoms with Gasteiger partial charge in [0.2, 0.25) is 5.91 Å². The van der Waals surface area contributed by atoms with E-state index in [4.69, 9.17) is 5.73 Å². The van der Waals surface area contributed by atoms with E-state index in [-0.39, 0.29) is 11.9 Å². The fraction of sp³-hybridized carbons (Fsp3) is 0.636. The van der Waals surface area contributed by atoms with Crippen molar-refractivity contribution < 1.29 is 4.79 Å². The van der Waals surface area contributed by atoms with Gasteiger partial charge in [-0.2, -0.15) is 0 Å². The minimum Gasteiger partial charge on any atom is -0.368 e. The van der Waals surface area contributed by atoms with Crippen LogP contribution in [0.3, 0.4) is 0 Å². The van der Waals surface area contributed by atoms with Crippen LogP contribution in [0.2, 0.25) is 0 Å². The van der Waals surface area contributed by atoms with Gasteiger partial charge in [-0.15, -0.1) is 11.3 Å². The number of amides is 1. The Balaban J connectivity index is 2.00. The molecule has 1 aliphatic rings. The largest absolute Gasteiger partial charge is 0.368 e. The first-order chi connectivity index (χ1) is 7.77. The third kappa shape index (κ3) is 2.80. The zero-order valence-corrected chi connectivity index (χ0v) is 10.0. The van der Waals surface area contributed by atoms with Crippen molar-refractivity contribution in [2.45, 2.75) is 44.2 Å². The summed E-state index contributed by atoms with van der Waals surface area (Å²) in [4.78, 5) is 16.3. The van der Waals surface area contributed by atoms with E-state index in [1.165, 1.54) is 30.6 Å². The molecule has 0 aromatic carbocycles. The second-order valence-electron chi connectivity index (χ2n) is 4.24. The summed E-state index contributed by atoms with van der Waals surface area (Å²) in [6, 6.07) is 0.0592. The van der Waals surface area contributed by atoms with E-state index < -0.39 is 0 Å². The van der Waals surface area contributed by atoms with Crippen LogP contribution in [-0.2, 0) is 4.79 Å². The molecule has 1 saturated carbocycles. The van der Waals surface area contributed by atoms with E-state index in [0.717, 1.165) is 17.7 Å². The van der Waals surface area contributed by atoms with Gasteiger partial charge >= 0.3 is 0 Å². The van der Waals surface area contributed by atoms with Gasteiger partial charge in [0.25, 0.3) is 0 Å². The zero-order chi connectivity index (χ0) is 11.4. The number of rotatable bonds is 4. The van der Waals surface area contributed by atoms with Gasteiger partial charge in [0.1, 0.15) is 6.04 Å². The van der Waals surface area contributed by atoms with Crippen molar-refractivity contribution in [2.24, 2.45) is 5.73 Å². The molecule has 1 aromatic rings. The number of carbonyl (C=O) groups excluding carboxylic acids is 1. The molecule has 0 bridgehead atoms. The molecule has 1 aliphatic carbocycles. The lowest BCUT2D eigenvalue weighted by molar-refractivity contribution is -0.120. The quantitative estimate of drug-likeness (QED) is 0.838. The van der Waals surface area contributed by atoms with Crippen LogP contribution in [0.25, 0.3) is 0 Å². The minimum absolute atomic E-state index is 0.310. The zero-order valence-electron chi connectivity index (χ0n) is 9.19. The summed E-state index contributed by atoms with van der Waals surface area (Å²) < 4.78 is 0. The maximum atomic E-state index is 11.4. The van der Waals surface area contributed by atoms with Crippen LogP contribution in [0, 0.1) is 0 Å². The van der Waals surface area contributed by atoms with Crippen LogP contribution >= 0.6 is 11.3 Å². The summed E-state index contributed by atoms with van der Waals surface area (Å²) in [5, 5.41) is 3.35. The molecule has 5 heteroatoms. The summed E-state index contributed by atoms with van der Waals surface area (Å²) in [6.45, 7) is 0. The molecule has 1 amide bonds. The van der Waals surface area contributed by atoms with Crippen molar-refractivity contribution in [3.63, 3.8) is 0 Å².